The molecule has 1 heteroatoms. The van der Waals surface area contributed by atoms with Gasteiger partial charge in [-0.25, -0.2) is 0 Å². The zero-order chi connectivity index (χ0) is 12.8. The number of rotatable bonds is 5. The summed E-state index contributed by atoms with van der Waals surface area (Å²) in [4.78, 5) is 0. The molecular weight excluding hydrogens is 206 g/mol. The molecule has 0 aliphatic heterocycles. The van der Waals surface area contributed by atoms with Gasteiger partial charge in [-0.15, -0.1) is 0 Å². The van der Waals surface area contributed by atoms with Crippen LogP contribution in [0.4, 0.5) is 0 Å². The molecule has 0 aromatic heterocycles. The van der Waals surface area contributed by atoms with Crippen LogP contribution in [0.3, 0.4) is 0 Å². The largest absolute Gasteiger partial charge is 0.311 e. The van der Waals surface area contributed by atoms with Gasteiger partial charge in [0.1, 0.15) is 0 Å². The van der Waals surface area contributed by atoms with Crippen molar-refractivity contribution in [2.45, 2.75) is 66.3 Å². The monoisotopic (exact) mass is 237 g/mol. The third-order valence-electron chi connectivity index (χ3n) is 3.97. The van der Waals surface area contributed by atoms with Gasteiger partial charge in [-0.2, -0.15) is 0 Å². The van der Waals surface area contributed by atoms with Gasteiger partial charge in [-0.3, -0.25) is 0 Å². The summed E-state index contributed by atoms with van der Waals surface area (Å²) in [7, 11) is 0. The van der Waals surface area contributed by atoms with Gasteiger partial charge in [0.2, 0.25) is 0 Å². The van der Waals surface area contributed by atoms with Crippen LogP contribution < -0.4 is 5.32 Å². The Morgan fingerprint density at radius 3 is 2.18 bits per heavy atom. The molecular formula is C16H31N. The minimum atomic E-state index is 0.587. The molecule has 1 saturated carbocycles. The maximum atomic E-state index is 3.56. The number of hydrogen-bond donors (Lipinski definition) is 1. The first-order valence-corrected chi connectivity index (χ1v) is 7.43. The Bertz CT molecular complexity index is 232. The van der Waals surface area contributed by atoms with Crippen molar-refractivity contribution in [3.63, 3.8) is 0 Å². The standard InChI is InChI=1S/C16H31N/c1-12(2)16(11-17-13(3)4)10-15-8-6-14(5)7-9-15/h10,12-15,17H,6-9,11H2,1-5H3/b16-10+. The molecule has 1 aliphatic rings. The molecule has 0 atom stereocenters. The lowest BCUT2D eigenvalue weighted by molar-refractivity contribution is 0.328. The first-order valence-electron chi connectivity index (χ1n) is 7.43. The molecule has 0 heterocycles. The van der Waals surface area contributed by atoms with E-state index in [2.05, 4.69) is 46.0 Å². The zero-order valence-electron chi connectivity index (χ0n) is 12.4. The van der Waals surface area contributed by atoms with Crippen LogP contribution in [0.15, 0.2) is 11.6 Å². The molecule has 0 amide bonds. The molecule has 1 fully saturated rings. The molecule has 100 valence electrons. The van der Waals surface area contributed by atoms with E-state index in [1.807, 2.05) is 0 Å². The van der Waals surface area contributed by atoms with Gasteiger partial charge in [0, 0.05) is 12.6 Å². The summed E-state index contributed by atoms with van der Waals surface area (Å²) in [6.07, 6.45) is 8.22. The summed E-state index contributed by atoms with van der Waals surface area (Å²) >= 11 is 0. The van der Waals surface area contributed by atoms with Crippen LogP contribution in [0.25, 0.3) is 0 Å². The molecule has 0 bridgehead atoms. The van der Waals surface area contributed by atoms with E-state index in [0.717, 1.165) is 18.4 Å². The Morgan fingerprint density at radius 2 is 1.71 bits per heavy atom. The normalized spacial score (nSPS) is 26.9. The number of allylic oxidation sites excluding steroid dienone is 1. The molecule has 17 heavy (non-hydrogen) atoms. The molecule has 0 spiro atoms. The second-order valence-electron chi connectivity index (χ2n) is 6.45. The van der Waals surface area contributed by atoms with Gasteiger partial charge >= 0.3 is 0 Å². The minimum Gasteiger partial charge on any atom is -0.311 e. The fraction of sp³-hybridized carbons (Fsp3) is 0.875. The lowest BCUT2D eigenvalue weighted by atomic mass is 9.81. The number of nitrogens with one attached hydrogen (secondary N) is 1. The van der Waals surface area contributed by atoms with Crippen molar-refractivity contribution in [2.75, 3.05) is 6.54 Å². The van der Waals surface area contributed by atoms with Crippen LogP contribution in [-0.4, -0.2) is 12.6 Å². The Morgan fingerprint density at radius 1 is 1.12 bits per heavy atom. The van der Waals surface area contributed by atoms with E-state index >= 15 is 0 Å². The van der Waals surface area contributed by atoms with Gasteiger partial charge in [0.25, 0.3) is 0 Å². The van der Waals surface area contributed by atoms with Crippen LogP contribution >= 0.6 is 0 Å². The predicted octanol–water partition coefficient (Wildman–Crippen LogP) is 4.39. The number of hydrogen-bond acceptors (Lipinski definition) is 1. The van der Waals surface area contributed by atoms with E-state index in [0.29, 0.717) is 12.0 Å². The van der Waals surface area contributed by atoms with E-state index in [1.165, 1.54) is 25.7 Å². The molecule has 0 radical (unpaired) electrons. The second-order valence-corrected chi connectivity index (χ2v) is 6.45. The highest BCUT2D eigenvalue weighted by molar-refractivity contribution is 5.09. The zero-order valence-corrected chi connectivity index (χ0v) is 12.4. The average molecular weight is 237 g/mol. The Balaban J connectivity index is 2.50. The molecule has 1 nitrogen and oxygen atoms in total. The summed E-state index contributed by atoms with van der Waals surface area (Å²) in [6.45, 7) is 12.5. The lowest BCUT2D eigenvalue weighted by Crippen LogP contribution is -2.27. The quantitative estimate of drug-likeness (QED) is 0.699. The highest BCUT2D eigenvalue weighted by Crippen LogP contribution is 2.30. The van der Waals surface area contributed by atoms with Crippen LogP contribution in [0.2, 0.25) is 0 Å². The summed E-state index contributed by atoms with van der Waals surface area (Å²) in [5.74, 6) is 2.48. The van der Waals surface area contributed by atoms with Crippen LogP contribution in [-0.2, 0) is 0 Å². The van der Waals surface area contributed by atoms with E-state index in [-0.39, 0.29) is 0 Å². The Labute approximate surface area is 108 Å². The smallest absolute Gasteiger partial charge is 0.0169 e. The predicted molar refractivity (Wildman–Crippen MR) is 77.2 cm³/mol. The molecule has 0 unspecified atom stereocenters. The first kappa shape index (κ1) is 14.8. The molecule has 1 aliphatic carbocycles. The van der Waals surface area contributed by atoms with Crippen LogP contribution in [0.5, 0.6) is 0 Å². The lowest BCUT2D eigenvalue weighted by Gasteiger charge is -2.26. The average Bonchev–Trinajstić information content (AvgIpc) is 2.26. The van der Waals surface area contributed by atoms with E-state index in [9.17, 15) is 0 Å². The van der Waals surface area contributed by atoms with Gasteiger partial charge < -0.3 is 5.32 Å². The molecule has 1 rings (SSSR count). The second kappa shape index (κ2) is 7.20. The van der Waals surface area contributed by atoms with Gasteiger partial charge in [0.15, 0.2) is 0 Å². The topological polar surface area (TPSA) is 12.0 Å². The van der Waals surface area contributed by atoms with Crippen molar-refractivity contribution < 1.29 is 0 Å². The maximum Gasteiger partial charge on any atom is 0.0169 e. The molecule has 1 N–H and O–H groups in total. The van der Waals surface area contributed by atoms with Gasteiger partial charge in [-0.1, -0.05) is 59.1 Å². The highest BCUT2D eigenvalue weighted by atomic mass is 14.9. The minimum absolute atomic E-state index is 0.587. The van der Waals surface area contributed by atoms with E-state index < -0.39 is 0 Å². The summed E-state index contributed by atoms with van der Waals surface area (Å²) in [5.41, 5.74) is 1.61. The summed E-state index contributed by atoms with van der Waals surface area (Å²) < 4.78 is 0. The Kier molecular flexibility index (Phi) is 6.26. The van der Waals surface area contributed by atoms with Crippen molar-refractivity contribution in [1.29, 1.82) is 0 Å². The molecule has 0 saturated heterocycles. The third kappa shape index (κ3) is 5.72. The van der Waals surface area contributed by atoms with Gasteiger partial charge in [0.05, 0.1) is 0 Å². The maximum absolute atomic E-state index is 3.56. The van der Waals surface area contributed by atoms with Crippen molar-refractivity contribution >= 4 is 0 Å². The SMILES string of the molecule is CC1CCC(/C=C(\CNC(C)C)C(C)C)CC1. The fourth-order valence-electron chi connectivity index (χ4n) is 2.53. The fourth-order valence-corrected chi connectivity index (χ4v) is 2.53. The van der Waals surface area contributed by atoms with Crippen LogP contribution in [0.1, 0.15) is 60.3 Å². The summed E-state index contributed by atoms with van der Waals surface area (Å²) in [6, 6.07) is 0.587. The van der Waals surface area contributed by atoms with Crippen LogP contribution in [0, 0.1) is 17.8 Å². The van der Waals surface area contributed by atoms with Crippen molar-refractivity contribution in [1.82, 2.24) is 5.32 Å². The Hall–Kier alpha value is -0.300. The van der Waals surface area contributed by atoms with E-state index in [4.69, 9.17) is 0 Å². The molecule has 0 aromatic carbocycles. The van der Waals surface area contributed by atoms with Gasteiger partial charge in [-0.05, 0) is 30.6 Å². The van der Waals surface area contributed by atoms with Crippen molar-refractivity contribution in [3.8, 4) is 0 Å². The van der Waals surface area contributed by atoms with Crippen molar-refractivity contribution in [3.05, 3.63) is 11.6 Å². The van der Waals surface area contributed by atoms with E-state index in [1.54, 1.807) is 5.57 Å². The summed E-state index contributed by atoms with van der Waals surface area (Å²) in [5, 5.41) is 3.56. The third-order valence-corrected chi connectivity index (χ3v) is 3.97. The van der Waals surface area contributed by atoms with Crippen molar-refractivity contribution in [2.24, 2.45) is 17.8 Å². The first-order chi connectivity index (χ1) is 7.99. The molecule has 0 aromatic rings. The highest BCUT2D eigenvalue weighted by Gasteiger charge is 2.17.